The van der Waals surface area contributed by atoms with Gasteiger partial charge in [0.1, 0.15) is 12.2 Å². The number of piperidine rings is 1. The second-order valence-electron chi connectivity index (χ2n) is 9.90. The Morgan fingerprint density at radius 1 is 1.25 bits per heavy atom. The van der Waals surface area contributed by atoms with Crippen LogP contribution in [0, 0.1) is 6.92 Å². The molecule has 0 amide bonds. The molecule has 8 nitrogen and oxygen atoms in total. The van der Waals surface area contributed by atoms with Gasteiger partial charge in [0.25, 0.3) is 5.92 Å². The number of alkyl halides is 3. The van der Waals surface area contributed by atoms with Crippen LogP contribution < -0.4 is 5.32 Å². The zero-order chi connectivity index (χ0) is 25.2. The molecule has 1 saturated carbocycles. The number of ether oxygens (including phenoxy) is 1. The minimum absolute atomic E-state index is 0.184. The zero-order valence-electron chi connectivity index (χ0n) is 19.5. The molecule has 5 atom stereocenters. The summed E-state index contributed by atoms with van der Waals surface area (Å²) >= 11 is 6.56. The van der Waals surface area contributed by atoms with E-state index in [0.29, 0.717) is 52.4 Å². The van der Waals surface area contributed by atoms with Gasteiger partial charge in [0, 0.05) is 35.5 Å². The number of hydrogen-bond donors (Lipinski definition) is 2. The summed E-state index contributed by atoms with van der Waals surface area (Å²) in [5, 5.41) is 18.4. The molecule has 192 valence electrons. The van der Waals surface area contributed by atoms with Crippen molar-refractivity contribution in [3.8, 4) is 0 Å². The van der Waals surface area contributed by atoms with E-state index in [0.717, 1.165) is 0 Å². The van der Waals surface area contributed by atoms with Gasteiger partial charge < -0.3 is 15.2 Å². The summed E-state index contributed by atoms with van der Waals surface area (Å²) in [5.74, 6) is -2.84. The molecule has 0 bridgehead atoms. The number of aliphatic hydroxyl groups is 1. The number of anilines is 2. The number of aromatic nitrogens is 4. The van der Waals surface area contributed by atoms with Crippen LogP contribution in [0.4, 0.5) is 24.8 Å². The first-order valence-electron chi connectivity index (χ1n) is 12.0. The van der Waals surface area contributed by atoms with Crippen LogP contribution in [0.5, 0.6) is 0 Å². The Bertz CT molecular complexity index is 1310. The lowest BCUT2D eigenvalue weighted by molar-refractivity contribution is 0.0353. The number of fused-ring (bicyclic) bond motifs is 1. The molecule has 2 aromatic heterocycles. The molecule has 3 aliphatic rings. The Hall–Kier alpha value is -2.47. The number of nitrogens with zero attached hydrogens (tertiary/aromatic N) is 5. The number of aliphatic hydroxyl groups excluding tert-OH is 1. The minimum atomic E-state index is -2.72. The smallest absolute Gasteiger partial charge is 0.272 e. The van der Waals surface area contributed by atoms with Gasteiger partial charge in [-0.05, 0) is 37.6 Å². The van der Waals surface area contributed by atoms with Gasteiger partial charge in [-0.25, -0.2) is 23.1 Å². The monoisotopic (exact) mass is 522 g/mol. The van der Waals surface area contributed by atoms with Gasteiger partial charge >= 0.3 is 0 Å². The summed E-state index contributed by atoms with van der Waals surface area (Å²) < 4.78 is 49.0. The van der Waals surface area contributed by atoms with E-state index >= 15 is 4.39 Å². The Kier molecular flexibility index (Phi) is 5.86. The number of hydrogen-bond acceptors (Lipinski definition) is 7. The molecule has 36 heavy (non-hydrogen) atoms. The highest BCUT2D eigenvalue weighted by molar-refractivity contribution is 6.32. The van der Waals surface area contributed by atoms with Crippen LogP contribution in [0.2, 0.25) is 5.02 Å². The quantitative estimate of drug-likeness (QED) is 0.523. The van der Waals surface area contributed by atoms with E-state index in [4.69, 9.17) is 16.3 Å². The average Bonchev–Trinajstić information content (AvgIpc) is 3.12. The van der Waals surface area contributed by atoms with Gasteiger partial charge in [-0.1, -0.05) is 11.6 Å². The lowest BCUT2D eigenvalue weighted by Crippen LogP contribution is -2.50. The molecular weight excluding hydrogens is 497 g/mol. The molecular formula is C24H26ClF3N6O2. The van der Waals surface area contributed by atoms with Crippen molar-refractivity contribution in [2.45, 2.75) is 56.0 Å². The number of rotatable bonds is 5. The van der Waals surface area contributed by atoms with Crippen molar-refractivity contribution in [1.29, 1.82) is 0 Å². The van der Waals surface area contributed by atoms with E-state index in [2.05, 4.69) is 20.4 Å². The van der Waals surface area contributed by atoms with Gasteiger partial charge in [-0.15, -0.1) is 0 Å². The third-order valence-electron chi connectivity index (χ3n) is 7.54. The van der Waals surface area contributed by atoms with Crippen molar-refractivity contribution in [2.75, 3.05) is 31.6 Å². The van der Waals surface area contributed by atoms with E-state index in [1.807, 2.05) is 4.90 Å². The molecule has 3 fully saturated rings. The maximum atomic E-state index is 15.4. The third-order valence-corrected chi connectivity index (χ3v) is 7.87. The Balaban J connectivity index is 1.22. The third kappa shape index (κ3) is 4.21. The summed E-state index contributed by atoms with van der Waals surface area (Å²) in [6, 6.07) is 2.44. The molecule has 4 unspecified atom stereocenters. The van der Waals surface area contributed by atoms with Crippen LogP contribution in [0.25, 0.3) is 10.9 Å². The van der Waals surface area contributed by atoms with Crippen LogP contribution in [-0.4, -0.2) is 80.3 Å². The summed E-state index contributed by atoms with van der Waals surface area (Å²) in [6.45, 7) is 3.23. The summed E-state index contributed by atoms with van der Waals surface area (Å²) in [6.07, 6.45) is 1.68. The topological polar surface area (TPSA) is 88.3 Å². The van der Waals surface area contributed by atoms with Crippen molar-refractivity contribution in [1.82, 2.24) is 24.6 Å². The van der Waals surface area contributed by atoms with E-state index in [-0.39, 0.29) is 31.6 Å². The van der Waals surface area contributed by atoms with Crippen molar-refractivity contribution < 1.29 is 23.0 Å². The van der Waals surface area contributed by atoms with E-state index in [1.54, 1.807) is 25.3 Å². The van der Waals surface area contributed by atoms with E-state index in [1.165, 1.54) is 10.9 Å². The summed E-state index contributed by atoms with van der Waals surface area (Å²) in [7, 11) is 0. The lowest BCUT2D eigenvalue weighted by Gasteiger charge is -2.39. The molecule has 0 spiro atoms. The van der Waals surface area contributed by atoms with E-state index < -0.39 is 30.2 Å². The van der Waals surface area contributed by atoms with Gasteiger partial charge in [0.05, 0.1) is 48.5 Å². The normalized spacial score (nSPS) is 30.1. The van der Waals surface area contributed by atoms with Gasteiger partial charge in [-0.3, -0.25) is 9.58 Å². The second kappa shape index (κ2) is 8.83. The maximum absolute atomic E-state index is 15.4. The molecule has 0 radical (unpaired) electrons. The molecule has 4 heterocycles. The maximum Gasteiger partial charge on any atom is 0.272 e. The molecule has 3 aromatic rings. The fraction of sp³-hybridized carbons (Fsp3) is 0.542. The lowest BCUT2D eigenvalue weighted by atomic mass is 9.86. The molecule has 2 saturated heterocycles. The largest absolute Gasteiger partial charge is 0.389 e. The first kappa shape index (κ1) is 23.9. The summed E-state index contributed by atoms with van der Waals surface area (Å²) in [4.78, 5) is 10.8. The number of benzene rings is 1. The Labute approximate surface area is 210 Å². The SMILES string of the molecule is Cc1c(Nc2ncc3cc(Cl)c(C4CCN(C5COC[C@H]5O)CC4F)cc3n2)cnn1C1CC1(F)F. The number of nitrogens with one attached hydrogen (secondary N) is 1. The molecule has 1 aliphatic carbocycles. The van der Waals surface area contributed by atoms with Crippen LogP contribution in [0.3, 0.4) is 0 Å². The predicted octanol–water partition coefficient (Wildman–Crippen LogP) is 4.00. The fourth-order valence-electron chi connectivity index (χ4n) is 5.32. The zero-order valence-corrected chi connectivity index (χ0v) is 20.3. The number of likely N-dealkylation sites (tertiary alicyclic amines) is 1. The summed E-state index contributed by atoms with van der Waals surface area (Å²) in [5.41, 5.74) is 2.40. The highest BCUT2D eigenvalue weighted by Crippen LogP contribution is 2.53. The van der Waals surface area contributed by atoms with Crippen molar-refractivity contribution in [3.05, 3.63) is 40.8 Å². The first-order chi connectivity index (χ1) is 17.2. The average molecular weight is 523 g/mol. The van der Waals surface area contributed by atoms with Crippen LogP contribution >= 0.6 is 11.6 Å². The first-order valence-corrected chi connectivity index (χ1v) is 12.4. The highest BCUT2D eigenvalue weighted by atomic mass is 35.5. The Morgan fingerprint density at radius 3 is 2.75 bits per heavy atom. The van der Waals surface area contributed by atoms with E-state index in [9.17, 15) is 13.9 Å². The molecule has 12 heteroatoms. The Morgan fingerprint density at radius 2 is 2.06 bits per heavy atom. The standard InChI is InChI=1S/C24H26ClF3N6O2/c1-12-19(8-30-34(12)22-6-24(22,27)28)32-23-29-7-13-4-16(25)15(5-18(13)31-23)14-2-3-33(9-17(14)26)20-10-36-11-21(20)35/h4-5,7-8,14,17,20-22,35H,2-3,6,9-11H2,1H3,(H,29,31,32)/t14?,17?,20?,21-,22?/m1/s1. The van der Waals surface area contributed by atoms with Crippen LogP contribution in [0.15, 0.2) is 24.5 Å². The van der Waals surface area contributed by atoms with Crippen molar-refractivity contribution in [3.63, 3.8) is 0 Å². The molecule has 1 aromatic carbocycles. The minimum Gasteiger partial charge on any atom is -0.389 e. The second-order valence-corrected chi connectivity index (χ2v) is 10.3. The molecule has 6 rings (SSSR count). The van der Waals surface area contributed by atoms with Crippen molar-refractivity contribution in [2.24, 2.45) is 0 Å². The van der Waals surface area contributed by atoms with Crippen molar-refractivity contribution >= 4 is 34.1 Å². The fourth-order valence-corrected chi connectivity index (χ4v) is 5.63. The van der Waals surface area contributed by atoms with Gasteiger partial charge in [0.2, 0.25) is 5.95 Å². The molecule has 2 N–H and O–H groups in total. The number of halogens is 4. The van der Waals surface area contributed by atoms with Crippen LogP contribution in [0.1, 0.15) is 36.1 Å². The van der Waals surface area contributed by atoms with Gasteiger partial charge in [0.15, 0.2) is 0 Å². The predicted molar refractivity (Wildman–Crippen MR) is 128 cm³/mol. The molecule has 2 aliphatic heterocycles. The highest BCUT2D eigenvalue weighted by Gasteiger charge is 2.59. The van der Waals surface area contributed by atoms with Crippen LogP contribution in [-0.2, 0) is 4.74 Å². The van der Waals surface area contributed by atoms with Gasteiger partial charge in [-0.2, -0.15) is 5.10 Å².